The molecule has 7 heteroatoms. The predicted molar refractivity (Wildman–Crippen MR) is 83.3 cm³/mol. The molecule has 0 saturated carbocycles. The maximum atomic E-state index is 12.1. The number of carbonyl (C=O) groups is 2. The average Bonchev–Trinajstić information content (AvgIpc) is 2.55. The van der Waals surface area contributed by atoms with Crippen LogP contribution in [-0.2, 0) is 9.59 Å². The van der Waals surface area contributed by atoms with Crippen LogP contribution in [-0.4, -0.2) is 36.4 Å². The van der Waals surface area contributed by atoms with Gasteiger partial charge in [-0.1, -0.05) is 11.6 Å². The summed E-state index contributed by atoms with van der Waals surface area (Å²) in [7, 11) is 0. The molecule has 2 rings (SSSR count). The second-order valence-electron chi connectivity index (χ2n) is 5.36. The molecular formula is C15H20ClN3O3. The van der Waals surface area contributed by atoms with E-state index in [9.17, 15) is 9.59 Å². The lowest BCUT2D eigenvalue weighted by Crippen LogP contribution is -2.45. The summed E-state index contributed by atoms with van der Waals surface area (Å²) in [6, 6.07) is 5.28. The molecule has 1 fully saturated rings. The molecule has 0 atom stereocenters. The number of benzene rings is 1. The number of piperidine rings is 1. The fourth-order valence-corrected chi connectivity index (χ4v) is 2.57. The van der Waals surface area contributed by atoms with Crippen molar-refractivity contribution in [1.29, 1.82) is 0 Å². The van der Waals surface area contributed by atoms with Crippen LogP contribution in [0.2, 0.25) is 5.02 Å². The van der Waals surface area contributed by atoms with Gasteiger partial charge < -0.3 is 9.64 Å². The molecule has 0 unspecified atom stereocenters. The number of rotatable bonds is 4. The van der Waals surface area contributed by atoms with Gasteiger partial charge in [0.25, 0.3) is 5.91 Å². The molecule has 1 aromatic rings. The number of aryl methyl sites for hydroxylation is 1. The van der Waals surface area contributed by atoms with Gasteiger partial charge in [0.05, 0.1) is 0 Å². The summed E-state index contributed by atoms with van der Waals surface area (Å²) in [4.78, 5) is 25.3. The number of nitrogens with zero attached hydrogens (tertiary/aromatic N) is 1. The molecule has 1 aliphatic rings. The number of hydrazine groups is 1. The van der Waals surface area contributed by atoms with Crippen LogP contribution >= 0.6 is 11.6 Å². The first-order valence-electron chi connectivity index (χ1n) is 7.18. The Morgan fingerprint density at radius 2 is 2.09 bits per heavy atom. The highest BCUT2D eigenvalue weighted by Crippen LogP contribution is 2.21. The smallest absolute Gasteiger partial charge is 0.260 e. The highest BCUT2D eigenvalue weighted by atomic mass is 35.5. The van der Waals surface area contributed by atoms with Gasteiger partial charge in [-0.2, -0.15) is 0 Å². The van der Waals surface area contributed by atoms with E-state index >= 15 is 0 Å². The van der Waals surface area contributed by atoms with Gasteiger partial charge in [-0.25, -0.2) is 5.84 Å². The Morgan fingerprint density at radius 1 is 1.41 bits per heavy atom. The first kappa shape index (κ1) is 16.6. The van der Waals surface area contributed by atoms with E-state index in [2.05, 4.69) is 5.43 Å². The number of ether oxygens (including phenoxy) is 1. The quantitative estimate of drug-likeness (QED) is 0.496. The van der Waals surface area contributed by atoms with Crippen molar-refractivity contribution in [2.24, 2.45) is 11.8 Å². The highest BCUT2D eigenvalue weighted by molar-refractivity contribution is 6.31. The van der Waals surface area contributed by atoms with E-state index in [0.717, 1.165) is 5.56 Å². The first-order valence-corrected chi connectivity index (χ1v) is 7.56. The lowest BCUT2D eigenvalue weighted by Gasteiger charge is -2.30. The number of nitrogens with two attached hydrogens (primary N) is 1. The van der Waals surface area contributed by atoms with E-state index in [0.29, 0.717) is 36.7 Å². The Labute approximate surface area is 134 Å². The molecule has 6 nitrogen and oxygen atoms in total. The summed E-state index contributed by atoms with van der Waals surface area (Å²) in [6.45, 7) is 2.94. The van der Waals surface area contributed by atoms with Gasteiger partial charge in [-0.3, -0.25) is 15.0 Å². The molecule has 120 valence electrons. The molecule has 0 radical (unpaired) electrons. The van der Waals surface area contributed by atoms with Crippen LogP contribution in [0.5, 0.6) is 5.75 Å². The zero-order valence-corrected chi connectivity index (χ0v) is 13.2. The summed E-state index contributed by atoms with van der Waals surface area (Å²) in [6.07, 6.45) is 1.24. The van der Waals surface area contributed by atoms with Gasteiger partial charge in [0, 0.05) is 24.0 Å². The summed E-state index contributed by atoms with van der Waals surface area (Å²) in [5, 5.41) is 0.666. The largest absolute Gasteiger partial charge is 0.484 e. The Hall–Kier alpha value is -1.79. The number of halogens is 1. The van der Waals surface area contributed by atoms with Crippen molar-refractivity contribution in [1.82, 2.24) is 10.3 Å². The number of hydrogen-bond acceptors (Lipinski definition) is 4. The van der Waals surface area contributed by atoms with Crippen LogP contribution in [0.25, 0.3) is 0 Å². The van der Waals surface area contributed by atoms with E-state index < -0.39 is 0 Å². The van der Waals surface area contributed by atoms with E-state index in [-0.39, 0.29) is 24.3 Å². The van der Waals surface area contributed by atoms with Gasteiger partial charge in [0.15, 0.2) is 6.61 Å². The SMILES string of the molecule is Cc1cc(OCC(=O)N2CCC(C(=O)NN)CC2)ccc1Cl. The number of hydrogen-bond donors (Lipinski definition) is 2. The normalized spacial score (nSPS) is 15.5. The van der Waals surface area contributed by atoms with Gasteiger partial charge >= 0.3 is 0 Å². The molecule has 1 aromatic carbocycles. The van der Waals surface area contributed by atoms with Gasteiger partial charge in [0.2, 0.25) is 5.91 Å². The molecule has 0 bridgehead atoms. The number of amides is 2. The van der Waals surface area contributed by atoms with Gasteiger partial charge in [0.1, 0.15) is 5.75 Å². The summed E-state index contributed by atoms with van der Waals surface area (Å²) in [5.41, 5.74) is 3.06. The molecule has 0 spiro atoms. The third kappa shape index (κ3) is 4.11. The first-order chi connectivity index (χ1) is 10.5. The lowest BCUT2D eigenvalue weighted by atomic mass is 9.96. The fraction of sp³-hybridized carbons (Fsp3) is 0.467. The van der Waals surface area contributed by atoms with E-state index in [1.54, 1.807) is 23.1 Å². The lowest BCUT2D eigenvalue weighted by molar-refractivity contribution is -0.137. The van der Waals surface area contributed by atoms with E-state index in [4.69, 9.17) is 22.2 Å². The van der Waals surface area contributed by atoms with Crippen molar-refractivity contribution in [3.8, 4) is 5.75 Å². The van der Waals surface area contributed by atoms with Crippen LogP contribution in [0.4, 0.5) is 0 Å². The maximum absolute atomic E-state index is 12.1. The zero-order valence-electron chi connectivity index (χ0n) is 12.5. The van der Waals surface area contributed by atoms with E-state index in [1.807, 2.05) is 6.92 Å². The zero-order chi connectivity index (χ0) is 16.1. The molecule has 1 aliphatic heterocycles. The van der Waals surface area contributed by atoms with Crippen LogP contribution in [0.3, 0.4) is 0 Å². The Balaban J connectivity index is 1.81. The van der Waals surface area contributed by atoms with Crippen LogP contribution in [0, 0.1) is 12.8 Å². The minimum absolute atomic E-state index is 0.0190. The molecular weight excluding hydrogens is 306 g/mol. The number of nitrogens with one attached hydrogen (secondary N) is 1. The third-order valence-corrected chi connectivity index (χ3v) is 4.28. The van der Waals surface area contributed by atoms with Crippen LogP contribution in [0.15, 0.2) is 18.2 Å². The minimum atomic E-state index is -0.167. The van der Waals surface area contributed by atoms with Crippen molar-refractivity contribution in [3.05, 3.63) is 28.8 Å². The standard InChI is InChI=1S/C15H20ClN3O3/c1-10-8-12(2-3-13(10)16)22-9-14(20)19-6-4-11(5-7-19)15(21)18-17/h2-3,8,11H,4-7,9,17H2,1H3,(H,18,21). The van der Waals surface area contributed by atoms with Crippen molar-refractivity contribution in [2.75, 3.05) is 19.7 Å². The minimum Gasteiger partial charge on any atom is -0.484 e. The second-order valence-corrected chi connectivity index (χ2v) is 5.77. The number of carbonyl (C=O) groups excluding carboxylic acids is 2. The summed E-state index contributed by atoms with van der Waals surface area (Å²) < 4.78 is 5.50. The number of likely N-dealkylation sites (tertiary alicyclic amines) is 1. The average molecular weight is 326 g/mol. The van der Waals surface area contributed by atoms with Crippen LogP contribution in [0.1, 0.15) is 18.4 Å². The molecule has 22 heavy (non-hydrogen) atoms. The highest BCUT2D eigenvalue weighted by Gasteiger charge is 2.26. The van der Waals surface area contributed by atoms with Crippen molar-refractivity contribution in [2.45, 2.75) is 19.8 Å². The maximum Gasteiger partial charge on any atom is 0.260 e. The van der Waals surface area contributed by atoms with Crippen molar-refractivity contribution in [3.63, 3.8) is 0 Å². The summed E-state index contributed by atoms with van der Waals surface area (Å²) in [5.74, 6) is 5.37. The van der Waals surface area contributed by atoms with Crippen molar-refractivity contribution >= 4 is 23.4 Å². The van der Waals surface area contributed by atoms with Gasteiger partial charge in [-0.05, 0) is 43.5 Å². The van der Waals surface area contributed by atoms with Gasteiger partial charge in [-0.15, -0.1) is 0 Å². The molecule has 3 N–H and O–H groups in total. The molecule has 2 amide bonds. The third-order valence-electron chi connectivity index (χ3n) is 3.85. The summed E-state index contributed by atoms with van der Waals surface area (Å²) >= 11 is 5.94. The molecule has 1 saturated heterocycles. The Morgan fingerprint density at radius 3 is 2.68 bits per heavy atom. The Kier molecular flexibility index (Phi) is 5.63. The Bertz CT molecular complexity index is 557. The fourth-order valence-electron chi connectivity index (χ4n) is 2.45. The molecule has 0 aliphatic carbocycles. The monoisotopic (exact) mass is 325 g/mol. The van der Waals surface area contributed by atoms with Crippen molar-refractivity contribution < 1.29 is 14.3 Å². The van der Waals surface area contributed by atoms with Crippen LogP contribution < -0.4 is 16.0 Å². The second kappa shape index (κ2) is 7.47. The predicted octanol–water partition coefficient (Wildman–Crippen LogP) is 1.26. The van der Waals surface area contributed by atoms with E-state index in [1.165, 1.54) is 0 Å². The molecule has 0 aromatic heterocycles. The molecule has 1 heterocycles. The topological polar surface area (TPSA) is 84.7 Å².